The molecular weight excluding hydrogens is 224 g/mol. The van der Waals surface area contributed by atoms with Gasteiger partial charge < -0.3 is 4.74 Å². The molecule has 0 saturated heterocycles. The van der Waals surface area contributed by atoms with Crippen LogP contribution in [0.4, 0.5) is 0 Å². The van der Waals surface area contributed by atoms with Gasteiger partial charge in [-0.3, -0.25) is 0 Å². The maximum atomic E-state index is 12.0. The molecule has 0 amide bonds. The molecule has 0 aromatic heterocycles. The predicted octanol–water partition coefficient (Wildman–Crippen LogP) is 3.89. The van der Waals surface area contributed by atoms with Crippen molar-refractivity contribution in [1.29, 1.82) is 0 Å². The second-order valence-corrected chi connectivity index (χ2v) is 4.75. The molecule has 0 heterocycles. The first-order valence-corrected chi connectivity index (χ1v) is 6.68. The van der Waals surface area contributed by atoms with E-state index < -0.39 is 0 Å². The van der Waals surface area contributed by atoms with Crippen LogP contribution in [0.2, 0.25) is 0 Å². The minimum Gasteiger partial charge on any atom is -0.463 e. The van der Waals surface area contributed by atoms with Crippen LogP contribution in [0.5, 0.6) is 0 Å². The Balaban J connectivity index is 2.35. The molecule has 0 unspecified atom stereocenters. The van der Waals surface area contributed by atoms with Gasteiger partial charge in [-0.05, 0) is 50.7 Å². The second-order valence-electron chi connectivity index (χ2n) is 4.75. The minimum absolute atomic E-state index is 0.132. The molecule has 0 bridgehead atoms. The number of aryl methyl sites for hydroxylation is 1. The van der Waals surface area contributed by atoms with Crippen molar-refractivity contribution >= 4 is 11.5 Å². The molecule has 96 valence electrons. The average Bonchev–Trinajstić information content (AvgIpc) is 2.40. The predicted molar refractivity (Wildman–Crippen MR) is 73.2 cm³/mol. The van der Waals surface area contributed by atoms with Gasteiger partial charge in [-0.15, -0.1) is 0 Å². The molecule has 1 aromatic rings. The van der Waals surface area contributed by atoms with E-state index >= 15 is 0 Å². The number of hydrogen-bond acceptors (Lipinski definition) is 2. The van der Waals surface area contributed by atoms with Crippen molar-refractivity contribution in [3.8, 4) is 0 Å². The van der Waals surface area contributed by atoms with Crippen LogP contribution in [0, 0.1) is 6.92 Å². The van der Waals surface area contributed by atoms with Crippen LogP contribution in [0.15, 0.2) is 29.8 Å². The van der Waals surface area contributed by atoms with E-state index in [0.29, 0.717) is 6.61 Å². The zero-order valence-electron chi connectivity index (χ0n) is 11.2. The zero-order valence-corrected chi connectivity index (χ0v) is 11.2. The third-order valence-electron chi connectivity index (χ3n) is 3.39. The average molecular weight is 244 g/mol. The fourth-order valence-corrected chi connectivity index (χ4v) is 2.42. The number of rotatable bonds is 3. The van der Waals surface area contributed by atoms with Gasteiger partial charge in [-0.25, -0.2) is 4.79 Å². The van der Waals surface area contributed by atoms with Gasteiger partial charge >= 0.3 is 5.97 Å². The van der Waals surface area contributed by atoms with E-state index in [0.717, 1.165) is 31.3 Å². The molecule has 2 nitrogen and oxygen atoms in total. The summed E-state index contributed by atoms with van der Waals surface area (Å²) >= 11 is 0. The molecule has 1 aliphatic carbocycles. The Morgan fingerprint density at radius 3 is 2.50 bits per heavy atom. The molecule has 0 N–H and O–H groups in total. The largest absolute Gasteiger partial charge is 0.463 e. The highest BCUT2D eigenvalue weighted by molar-refractivity contribution is 5.98. The Bertz CT molecular complexity index is 454. The lowest BCUT2D eigenvalue weighted by Crippen LogP contribution is -2.12. The van der Waals surface area contributed by atoms with Crippen LogP contribution in [-0.2, 0) is 9.53 Å². The maximum absolute atomic E-state index is 12.0. The van der Waals surface area contributed by atoms with Gasteiger partial charge in [0.1, 0.15) is 0 Å². The number of hydrogen-bond donors (Lipinski definition) is 0. The Morgan fingerprint density at radius 2 is 1.83 bits per heavy atom. The summed E-state index contributed by atoms with van der Waals surface area (Å²) in [6.45, 7) is 4.38. The molecule has 18 heavy (non-hydrogen) atoms. The highest BCUT2D eigenvalue weighted by Crippen LogP contribution is 2.33. The number of ether oxygens (including phenoxy) is 1. The van der Waals surface area contributed by atoms with Crippen LogP contribution >= 0.6 is 0 Å². The quantitative estimate of drug-likeness (QED) is 0.754. The summed E-state index contributed by atoms with van der Waals surface area (Å²) in [5.41, 5.74) is 4.47. The van der Waals surface area contributed by atoms with Gasteiger partial charge in [0.05, 0.1) is 6.61 Å². The first-order chi connectivity index (χ1) is 8.72. The summed E-state index contributed by atoms with van der Waals surface area (Å²) in [7, 11) is 0. The summed E-state index contributed by atoms with van der Waals surface area (Å²) in [5.74, 6) is -0.132. The normalized spacial score (nSPS) is 15.7. The first-order valence-electron chi connectivity index (χ1n) is 6.68. The molecule has 0 radical (unpaired) electrons. The molecule has 0 fully saturated rings. The fourth-order valence-electron chi connectivity index (χ4n) is 2.42. The summed E-state index contributed by atoms with van der Waals surface area (Å²) in [6.07, 6.45) is 4.08. The van der Waals surface area contributed by atoms with Gasteiger partial charge in [-0.1, -0.05) is 29.8 Å². The lowest BCUT2D eigenvalue weighted by molar-refractivity contribution is -0.138. The lowest BCUT2D eigenvalue weighted by Gasteiger charge is -2.19. The Hall–Kier alpha value is -1.57. The van der Waals surface area contributed by atoms with Crippen LogP contribution in [0.1, 0.15) is 43.7 Å². The first kappa shape index (κ1) is 12.9. The lowest BCUT2D eigenvalue weighted by atomic mass is 9.87. The van der Waals surface area contributed by atoms with Gasteiger partial charge in [0.25, 0.3) is 0 Å². The minimum atomic E-state index is -0.132. The van der Waals surface area contributed by atoms with Crippen LogP contribution in [0.3, 0.4) is 0 Å². The molecule has 1 aromatic carbocycles. The molecule has 0 saturated carbocycles. The van der Waals surface area contributed by atoms with Gasteiger partial charge in [0.2, 0.25) is 0 Å². The molecule has 2 rings (SSSR count). The van der Waals surface area contributed by atoms with Crippen LogP contribution in [0.25, 0.3) is 5.57 Å². The van der Waals surface area contributed by atoms with E-state index in [1.807, 2.05) is 6.92 Å². The molecule has 2 heteroatoms. The monoisotopic (exact) mass is 244 g/mol. The maximum Gasteiger partial charge on any atom is 0.334 e. The van der Waals surface area contributed by atoms with Crippen LogP contribution < -0.4 is 0 Å². The number of carbonyl (C=O) groups is 1. The molecule has 0 atom stereocenters. The fraction of sp³-hybridized carbons (Fsp3) is 0.438. The smallest absolute Gasteiger partial charge is 0.334 e. The molecule has 1 aliphatic rings. The summed E-state index contributed by atoms with van der Waals surface area (Å²) in [5, 5.41) is 0. The molecular formula is C16H20O2. The number of carbonyl (C=O) groups excluding carboxylic acids is 1. The third kappa shape index (κ3) is 2.81. The highest BCUT2D eigenvalue weighted by atomic mass is 16.5. The van der Waals surface area contributed by atoms with Crippen molar-refractivity contribution in [2.75, 3.05) is 6.61 Å². The van der Waals surface area contributed by atoms with E-state index in [1.54, 1.807) is 0 Å². The van der Waals surface area contributed by atoms with Gasteiger partial charge in [0.15, 0.2) is 0 Å². The van der Waals surface area contributed by atoms with Gasteiger partial charge in [0, 0.05) is 5.57 Å². The Morgan fingerprint density at radius 1 is 1.17 bits per heavy atom. The van der Waals surface area contributed by atoms with E-state index in [9.17, 15) is 4.79 Å². The standard InChI is InChI=1S/C16H20O2/c1-3-18-16(17)15-7-5-4-6-14(15)13-10-8-12(2)9-11-13/h8-11H,3-7H2,1-2H3. The number of allylic oxidation sites excluding steroid dienone is 1. The number of benzene rings is 1. The summed E-state index contributed by atoms with van der Waals surface area (Å²) in [4.78, 5) is 12.0. The van der Waals surface area contributed by atoms with E-state index in [1.165, 1.54) is 16.7 Å². The van der Waals surface area contributed by atoms with Crippen molar-refractivity contribution in [2.24, 2.45) is 0 Å². The Labute approximate surface area is 109 Å². The van der Waals surface area contributed by atoms with Crippen molar-refractivity contribution < 1.29 is 9.53 Å². The van der Waals surface area contributed by atoms with E-state index in [-0.39, 0.29) is 5.97 Å². The van der Waals surface area contributed by atoms with E-state index in [2.05, 4.69) is 31.2 Å². The van der Waals surface area contributed by atoms with Crippen molar-refractivity contribution in [2.45, 2.75) is 39.5 Å². The van der Waals surface area contributed by atoms with Crippen molar-refractivity contribution in [3.63, 3.8) is 0 Å². The molecule has 0 aliphatic heterocycles. The molecule has 0 spiro atoms. The SMILES string of the molecule is CCOC(=O)C1=C(c2ccc(C)cc2)CCCC1. The third-order valence-corrected chi connectivity index (χ3v) is 3.39. The summed E-state index contributed by atoms with van der Waals surface area (Å²) in [6, 6.07) is 8.41. The van der Waals surface area contributed by atoms with Crippen molar-refractivity contribution in [1.82, 2.24) is 0 Å². The zero-order chi connectivity index (χ0) is 13.0. The Kier molecular flexibility index (Phi) is 4.19. The summed E-state index contributed by atoms with van der Waals surface area (Å²) < 4.78 is 5.16. The highest BCUT2D eigenvalue weighted by Gasteiger charge is 2.20. The van der Waals surface area contributed by atoms with Crippen LogP contribution in [-0.4, -0.2) is 12.6 Å². The van der Waals surface area contributed by atoms with Crippen molar-refractivity contribution in [3.05, 3.63) is 41.0 Å². The topological polar surface area (TPSA) is 26.3 Å². The number of esters is 1. The second kappa shape index (κ2) is 5.85. The van der Waals surface area contributed by atoms with E-state index in [4.69, 9.17) is 4.74 Å². The van der Waals surface area contributed by atoms with Gasteiger partial charge in [-0.2, -0.15) is 0 Å².